The minimum absolute atomic E-state index is 0.253. The van der Waals surface area contributed by atoms with Crippen molar-refractivity contribution in [1.29, 1.82) is 0 Å². The molecule has 3 aromatic rings. The Labute approximate surface area is 162 Å². The van der Waals surface area contributed by atoms with E-state index in [9.17, 15) is 0 Å². The van der Waals surface area contributed by atoms with Gasteiger partial charge in [-0.1, -0.05) is 53.0 Å². The molecule has 0 aliphatic rings. The quantitative estimate of drug-likeness (QED) is 0.503. The van der Waals surface area contributed by atoms with Crippen molar-refractivity contribution < 1.29 is 4.74 Å². The van der Waals surface area contributed by atoms with E-state index >= 15 is 0 Å². The molecule has 0 amide bonds. The molecule has 1 atom stereocenters. The van der Waals surface area contributed by atoms with Gasteiger partial charge < -0.3 is 9.30 Å². The van der Waals surface area contributed by atoms with Crippen LogP contribution in [0.1, 0.15) is 22.8 Å². The molecule has 0 saturated carbocycles. The van der Waals surface area contributed by atoms with Gasteiger partial charge in [-0.25, -0.2) is 4.98 Å². The fourth-order valence-corrected chi connectivity index (χ4v) is 3.37. The summed E-state index contributed by atoms with van der Waals surface area (Å²) in [6.07, 6.45) is 5.12. The standard InChI is InChI=1S/C19H17Cl3N2O/c1-13-2-3-14(17(21)8-13)11-25-19(10-24-7-6-23-12-24)16-5-4-15(20)9-18(16)22/h2-9,12,19H,10-11H2,1H3. The molecule has 2 aromatic carbocycles. The summed E-state index contributed by atoms with van der Waals surface area (Å²) in [5.41, 5.74) is 2.93. The van der Waals surface area contributed by atoms with Crippen LogP contribution in [0.5, 0.6) is 0 Å². The van der Waals surface area contributed by atoms with E-state index < -0.39 is 0 Å². The number of aryl methyl sites for hydroxylation is 1. The average molecular weight is 396 g/mol. The summed E-state index contributed by atoms with van der Waals surface area (Å²) >= 11 is 18.7. The zero-order valence-electron chi connectivity index (χ0n) is 13.6. The summed E-state index contributed by atoms with van der Waals surface area (Å²) < 4.78 is 8.12. The Kier molecular flexibility index (Phi) is 6.02. The van der Waals surface area contributed by atoms with Crippen molar-refractivity contribution in [3.63, 3.8) is 0 Å². The molecule has 0 saturated heterocycles. The van der Waals surface area contributed by atoms with Gasteiger partial charge in [-0.05, 0) is 36.2 Å². The lowest BCUT2D eigenvalue weighted by Gasteiger charge is -2.21. The van der Waals surface area contributed by atoms with Crippen LogP contribution in [-0.4, -0.2) is 9.55 Å². The van der Waals surface area contributed by atoms with E-state index in [0.717, 1.165) is 16.7 Å². The molecule has 0 aliphatic carbocycles. The first-order valence-electron chi connectivity index (χ1n) is 7.80. The van der Waals surface area contributed by atoms with E-state index in [1.807, 2.05) is 48.0 Å². The van der Waals surface area contributed by atoms with Crippen molar-refractivity contribution in [2.45, 2.75) is 26.2 Å². The van der Waals surface area contributed by atoms with Crippen LogP contribution in [0.4, 0.5) is 0 Å². The maximum Gasteiger partial charge on any atom is 0.102 e. The highest BCUT2D eigenvalue weighted by atomic mass is 35.5. The molecule has 0 spiro atoms. The minimum atomic E-state index is -0.253. The van der Waals surface area contributed by atoms with Crippen LogP contribution in [0.3, 0.4) is 0 Å². The van der Waals surface area contributed by atoms with Crippen molar-refractivity contribution in [2.75, 3.05) is 0 Å². The van der Waals surface area contributed by atoms with Gasteiger partial charge in [-0.15, -0.1) is 0 Å². The Morgan fingerprint density at radius 3 is 2.60 bits per heavy atom. The van der Waals surface area contributed by atoms with E-state index in [2.05, 4.69) is 4.98 Å². The van der Waals surface area contributed by atoms with Gasteiger partial charge in [0.2, 0.25) is 0 Å². The van der Waals surface area contributed by atoms with Crippen LogP contribution in [0.2, 0.25) is 15.1 Å². The van der Waals surface area contributed by atoms with Crippen LogP contribution >= 0.6 is 34.8 Å². The lowest BCUT2D eigenvalue weighted by molar-refractivity contribution is 0.0281. The number of hydrogen-bond acceptors (Lipinski definition) is 2. The summed E-state index contributed by atoms with van der Waals surface area (Å²) in [7, 11) is 0. The second-order valence-corrected chi connectivity index (χ2v) is 7.07. The highest BCUT2D eigenvalue weighted by molar-refractivity contribution is 6.35. The third-order valence-corrected chi connectivity index (χ3v) is 4.81. The summed E-state index contributed by atoms with van der Waals surface area (Å²) in [4.78, 5) is 4.08. The number of imidazole rings is 1. The number of halogens is 3. The van der Waals surface area contributed by atoms with Gasteiger partial charge in [0.25, 0.3) is 0 Å². The summed E-state index contributed by atoms with van der Waals surface area (Å²) in [5, 5.41) is 1.87. The first kappa shape index (κ1) is 18.3. The van der Waals surface area contributed by atoms with Gasteiger partial charge >= 0.3 is 0 Å². The van der Waals surface area contributed by atoms with Crippen molar-refractivity contribution in [1.82, 2.24) is 9.55 Å². The van der Waals surface area contributed by atoms with Crippen LogP contribution in [0.15, 0.2) is 55.1 Å². The molecule has 3 nitrogen and oxygen atoms in total. The van der Waals surface area contributed by atoms with Gasteiger partial charge in [0.05, 0.1) is 19.5 Å². The number of nitrogens with zero attached hydrogens (tertiary/aromatic N) is 2. The molecule has 1 heterocycles. The number of aromatic nitrogens is 2. The molecular formula is C19H17Cl3N2O. The van der Waals surface area contributed by atoms with Gasteiger partial charge in [-0.2, -0.15) is 0 Å². The Morgan fingerprint density at radius 2 is 1.92 bits per heavy atom. The Bertz CT molecular complexity index is 850. The van der Waals surface area contributed by atoms with Gasteiger partial charge in [-0.3, -0.25) is 0 Å². The lowest BCUT2D eigenvalue weighted by atomic mass is 10.1. The van der Waals surface area contributed by atoms with Crippen LogP contribution < -0.4 is 0 Å². The average Bonchev–Trinajstić information content (AvgIpc) is 3.06. The maximum absolute atomic E-state index is 6.38. The van der Waals surface area contributed by atoms with E-state index in [1.165, 1.54) is 0 Å². The molecule has 0 bridgehead atoms. The largest absolute Gasteiger partial charge is 0.367 e. The van der Waals surface area contributed by atoms with Gasteiger partial charge in [0, 0.05) is 33.0 Å². The predicted molar refractivity (Wildman–Crippen MR) is 102 cm³/mol. The Morgan fingerprint density at radius 1 is 1.08 bits per heavy atom. The smallest absolute Gasteiger partial charge is 0.102 e. The summed E-state index contributed by atoms with van der Waals surface area (Å²) in [6.45, 7) is 2.98. The van der Waals surface area contributed by atoms with Crippen molar-refractivity contribution >= 4 is 34.8 Å². The Hall–Kier alpha value is -1.52. The SMILES string of the molecule is Cc1ccc(COC(Cn2ccnc2)c2ccc(Cl)cc2Cl)c(Cl)c1. The monoisotopic (exact) mass is 394 g/mol. The number of rotatable bonds is 6. The van der Waals surface area contributed by atoms with Crippen molar-refractivity contribution in [3.8, 4) is 0 Å². The van der Waals surface area contributed by atoms with E-state index in [0.29, 0.717) is 28.2 Å². The number of ether oxygens (including phenoxy) is 1. The molecule has 25 heavy (non-hydrogen) atoms. The van der Waals surface area contributed by atoms with Crippen molar-refractivity contribution in [2.24, 2.45) is 0 Å². The summed E-state index contributed by atoms with van der Waals surface area (Å²) in [6, 6.07) is 11.4. The normalized spacial score (nSPS) is 12.3. The van der Waals surface area contributed by atoms with Gasteiger partial charge in [0.1, 0.15) is 6.10 Å². The second kappa shape index (κ2) is 8.24. The first-order chi connectivity index (χ1) is 12.0. The van der Waals surface area contributed by atoms with Crippen LogP contribution in [0, 0.1) is 6.92 Å². The zero-order chi connectivity index (χ0) is 17.8. The molecule has 1 aromatic heterocycles. The third-order valence-electron chi connectivity index (χ3n) is 3.89. The molecular weight excluding hydrogens is 379 g/mol. The maximum atomic E-state index is 6.38. The van der Waals surface area contributed by atoms with E-state index in [1.54, 1.807) is 18.6 Å². The highest BCUT2D eigenvalue weighted by Gasteiger charge is 2.17. The molecule has 130 valence electrons. The minimum Gasteiger partial charge on any atom is -0.367 e. The van der Waals surface area contributed by atoms with Crippen LogP contribution in [0.25, 0.3) is 0 Å². The predicted octanol–water partition coefficient (Wildman–Crippen LogP) is 6.11. The van der Waals surface area contributed by atoms with Gasteiger partial charge in [0.15, 0.2) is 0 Å². The third kappa shape index (κ3) is 4.77. The molecule has 0 fully saturated rings. The number of hydrogen-bond donors (Lipinski definition) is 0. The zero-order valence-corrected chi connectivity index (χ0v) is 15.9. The molecule has 6 heteroatoms. The number of benzene rings is 2. The molecule has 3 rings (SSSR count). The van der Waals surface area contributed by atoms with E-state index in [-0.39, 0.29) is 6.10 Å². The fourth-order valence-electron chi connectivity index (χ4n) is 2.55. The fraction of sp³-hybridized carbons (Fsp3) is 0.211. The van der Waals surface area contributed by atoms with E-state index in [4.69, 9.17) is 39.5 Å². The first-order valence-corrected chi connectivity index (χ1v) is 8.93. The second-order valence-electron chi connectivity index (χ2n) is 5.82. The Balaban J connectivity index is 1.83. The summed E-state index contributed by atoms with van der Waals surface area (Å²) in [5.74, 6) is 0. The molecule has 0 radical (unpaired) electrons. The van der Waals surface area contributed by atoms with Crippen LogP contribution in [-0.2, 0) is 17.9 Å². The molecule has 0 N–H and O–H groups in total. The lowest BCUT2D eigenvalue weighted by Crippen LogP contribution is -2.12. The highest BCUT2D eigenvalue weighted by Crippen LogP contribution is 2.31. The van der Waals surface area contributed by atoms with Crippen molar-refractivity contribution in [3.05, 3.63) is 86.9 Å². The molecule has 1 unspecified atom stereocenters. The topological polar surface area (TPSA) is 27.1 Å². The molecule has 0 aliphatic heterocycles.